The van der Waals surface area contributed by atoms with Gasteiger partial charge in [-0.25, -0.2) is 0 Å². The van der Waals surface area contributed by atoms with E-state index in [4.69, 9.17) is 0 Å². The highest BCUT2D eigenvalue weighted by atomic mass is 16.2. The topological polar surface area (TPSA) is 49.4 Å². The third-order valence-corrected chi connectivity index (χ3v) is 4.88. The van der Waals surface area contributed by atoms with Crippen LogP contribution in [0, 0.1) is 11.8 Å². The lowest BCUT2D eigenvalue weighted by atomic mass is 9.94. The largest absolute Gasteiger partial charge is 0.355 e. The van der Waals surface area contributed by atoms with Crippen molar-refractivity contribution in [3.05, 3.63) is 35.9 Å². The maximum absolute atomic E-state index is 12.5. The van der Waals surface area contributed by atoms with E-state index >= 15 is 0 Å². The van der Waals surface area contributed by atoms with Crippen LogP contribution in [0.3, 0.4) is 0 Å². The maximum Gasteiger partial charge on any atom is 0.225 e. The summed E-state index contributed by atoms with van der Waals surface area (Å²) in [5.41, 5.74) is 1.26. The number of hydrogen-bond acceptors (Lipinski definition) is 2. The summed E-state index contributed by atoms with van der Waals surface area (Å²) in [5, 5.41) is 3.11. The van der Waals surface area contributed by atoms with E-state index in [2.05, 4.69) is 24.4 Å². The zero-order valence-corrected chi connectivity index (χ0v) is 15.1. The van der Waals surface area contributed by atoms with Crippen molar-refractivity contribution in [3.63, 3.8) is 0 Å². The van der Waals surface area contributed by atoms with Gasteiger partial charge in [0.25, 0.3) is 0 Å². The summed E-state index contributed by atoms with van der Waals surface area (Å²) in [7, 11) is 0. The predicted octanol–water partition coefficient (Wildman–Crippen LogP) is 3.19. The van der Waals surface area contributed by atoms with E-state index in [9.17, 15) is 9.59 Å². The third-order valence-electron chi connectivity index (χ3n) is 4.88. The quantitative estimate of drug-likeness (QED) is 0.871. The Hall–Kier alpha value is -1.84. The van der Waals surface area contributed by atoms with Gasteiger partial charge in [0.1, 0.15) is 0 Å². The van der Waals surface area contributed by atoms with Gasteiger partial charge in [0.2, 0.25) is 11.8 Å². The SMILES string of the molecule is CC[C@H](CNC(=O)[C@@H]1CCCN(C(=O)C(C)C)C1)c1ccccc1. The summed E-state index contributed by atoms with van der Waals surface area (Å²) in [6, 6.07) is 10.3. The van der Waals surface area contributed by atoms with Crippen LogP contribution >= 0.6 is 0 Å². The average Bonchev–Trinajstić information content (AvgIpc) is 2.62. The fourth-order valence-electron chi connectivity index (χ4n) is 3.35. The van der Waals surface area contributed by atoms with Crippen molar-refractivity contribution in [2.24, 2.45) is 11.8 Å². The minimum atomic E-state index is -0.0743. The molecular weight excluding hydrogens is 300 g/mol. The first-order valence-electron chi connectivity index (χ1n) is 9.14. The molecule has 2 amide bonds. The molecule has 1 N–H and O–H groups in total. The number of nitrogens with one attached hydrogen (secondary N) is 1. The van der Waals surface area contributed by atoms with Crippen LogP contribution < -0.4 is 5.32 Å². The highest BCUT2D eigenvalue weighted by Crippen LogP contribution is 2.21. The molecule has 0 unspecified atom stereocenters. The fraction of sp³-hybridized carbons (Fsp3) is 0.600. The molecular formula is C20H30N2O2. The van der Waals surface area contributed by atoms with Crippen LogP contribution in [0.5, 0.6) is 0 Å². The van der Waals surface area contributed by atoms with E-state index in [0.29, 0.717) is 19.0 Å². The zero-order chi connectivity index (χ0) is 17.5. The van der Waals surface area contributed by atoms with Crippen LogP contribution in [0.15, 0.2) is 30.3 Å². The number of amides is 2. The van der Waals surface area contributed by atoms with Gasteiger partial charge < -0.3 is 10.2 Å². The van der Waals surface area contributed by atoms with Crippen LogP contribution in [0.2, 0.25) is 0 Å². The van der Waals surface area contributed by atoms with Crippen LogP contribution in [0.4, 0.5) is 0 Å². The Morgan fingerprint density at radius 3 is 2.58 bits per heavy atom. The number of nitrogens with zero attached hydrogens (tertiary/aromatic N) is 1. The minimum Gasteiger partial charge on any atom is -0.355 e. The summed E-state index contributed by atoms with van der Waals surface area (Å²) >= 11 is 0. The van der Waals surface area contributed by atoms with E-state index in [1.807, 2.05) is 36.9 Å². The molecule has 1 heterocycles. The predicted molar refractivity (Wildman–Crippen MR) is 96.6 cm³/mol. The zero-order valence-electron chi connectivity index (χ0n) is 15.1. The van der Waals surface area contributed by atoms with E-state index in [0.717, 1.165) is 25.8 Å². The molecule has 4 heteroatoms. The molecule has 0 aromatic heterocycles. The van der Waals surface area contributed by atoms with Gasteiger partial charge in [0.05, 0.1) is 5.92 Å². The van der Waals surface area contributed by atoms with Gasteiger partial charge in [-0.1, -0.05) is 51.1 Å². The molecule has 2 atom stereocenters. The standard InChI is InChI=1S/C20H30N2O2/c1-4-16(17-9-6-5-7-10-17)13-21-19(23)18-11-8-12-22(14-18)20(24)15(2)3/h5-7,9-10,15-16,18H,4,8,11-14H2,1-3H3,(H,21,23)/t16-,18-/m1/s1. The lowest BCUT2D eigenvalue weighted by molar-refractivity contribution is -0.138. The number of carbonyl (C=O) groups excluding carboxylic acids is 2. The Balaban J connectivity index is 1.88. The molecule has 1 aliphatic rings. The Kier molecular flexibility index (Phi) is 6.83. The van der Waals surface area contributed by atoms with Gasteiger partial charge in [-0.15, -0.1) is 0 Å². The van der Waals surface area contributed by atoms with Gasteiger partial charge in [-0.2, -0.15) is 0 Å². The number of benzene rings is 1. The van der Waals surface area contributed by atoms with Crippen LogP contribution in [-0.2, 0) is 9.59 Å². The summed E-state index contributed by atoms with van der Waals surface area (Å²) in [4.78, 5) is 26.6. The van der Waals surface area contributed by atoms with E-state index in [1.165, 1.54) is 5.56 Å². The van der Waals surface area contributed by atoms with Gasteiger partial charge in [-0.05, 0) is 24.8 Å². The number of likely N-dealkylation sites (tertiary alicyclic amines) is 1. The molecule has 24 heavy (non-hydrogen) atoms. The fourth-order valence-corrected chi connectivity index (χ4v) is 3.35. The molecule has 0 bridgehead atoms. The third kappa shape index (κ3) is 4.83. The Bertz CT molecular complexity index is 542. The summed E-state index contributed by atoms with van der Waals surface area (Å²) in [5.74, 6) is 0.505. The number of rotatable bonds is 6. The molecule has 1 saturated heterocycles. The van der Waals surface area contributed by atoms with Crippen LogP contribution in [-0.4, -0.2) is 36.3 Å². The number of piperidine rings is 1. The first-order valence-corrected chi connectivity index (χ1v) is 9.14. The highest BCUT2D eigenvalue weighted by molar-refractivity contribution is 5.82. The Morgan fingerprint density at radius 2 is 1.96 bits per heavy atom. The van der Waals surface area contributed by atoms with Crippen molar-refractivity contribution >= 4 is 11.8 Å². The van der Waals surface area contributed by atoms with E-state index in [1.54, 1.807) is 0 Å². The second-order valence-electron chi connectivity index (χ2n) is 7.04. The average molecular weight is 330 g/mol. The van der Waals surface area contributed by atoms with Gasteiger partial charge in [0, 0.05) is 31.5 Å². The molecule has 4 nitrogen and oxygen atoms in total. The smallest absolute Gasteiger partial charge is 0.225 e. The lowest BCUT2D eigenvalue weighted by Gasteiger charge is -2.33. The number of hydrogen-bond donors (Lipinski definition) is 1. The van der Waals surface area contributed by atoms with Gasteiger partial charge >= 0.3 is 0 Å². The van der Waals surface area contributed by atoms with Crippen LogP contribution in [0.1, 0.15) is 51.5 Å². The maximum atomic E-state index is 12.5. The van der Waals surface area contributed by atoms with Gasteiger partial charge in [0.15, 0.2) is 0 Å². The molecule has 1 fully saturated rings. The molecule has 2 rings (SSSR count). The van der Waals surface area contributed by atoms with Crippen molar-refractivity contribution < 1.29 is 9.59 Å². The Labute approximate surface area is 145 Å². The molecule has 1 aromatic rings. The first-order chi connectivity index (χ1) is 11.5. The second kappa shape index (κ2) is 8.86. The summed E-state index contributed by atoms with van der Waals surface area (Å²) in [6.07, 6.45) is 2.77. The van der Waals surface area contributed by atoms with Crippen molar-refractivity contribution in [3.8, 4) is 0 Å². The first kappa shape index (κ1) is 18.5. The molecule has 0 saturated carbocycles. The number of carbonyl (C=O) groups is 2. The molecule has 0 aliphatic carbocycles. The van der Waals surface area contributed by atoms with Crippen molar-refractivity contribution in [2.45, 2.75) is 46.0 Å². The normalized spacial score (nSPS) is 19.2. The van der Waals surface area contributed by atoms with Crippen LogP contribution in [0.25, 0.3) is 0 Å². The Morgan fingerprint density at radius 1 is 1.25 bits per heavy atom. The molecule has 0 radical (unpaired) electrons. The molecule has 1 aliphatic heterocycles. The van der Waals surface area contributed by atoms with E-state index < -0.39 is 0 Å². The molecule has 0 spiro atoms. The van der Waals surface area contributed by atoms with Crippen molar-refractivity contribution in [2.75, 3.05) is 19.6 Å². The van der Waals surface area contributed by atoms with Crippen molar-refractivity contribution in [1.82, 2.24) is 10.2 Å². The van der Waals surface area contributed by atoms with E-state index in [-0.39, 0.29) is 23.7 Å². The minimum absolute atomic E-state index is 0.00522. The summed E-state index contributed by atoms with van der Waals surface area (Å²) in [6.45, 7) is 7.98. The van der Waals surface area contributed by atoms with Gasteiger partial charge in [-0.3, -0.25) is 9.59 Å². The lowest BCUT2D eigenvalue weighted by Crippen LogP contribution is -2.47. The summed E-state index contributed by atoms with van der Waals surface area (Å²) < 4.78 is 0. The monoisotopic (exact) mass is 330 g/mol. The second-order valence-corrected chi connectivity index (χ2v) is 7.04. The van der Waals surface area contributed by atoms with Crippen molar-refractivity contribution in [1.29, 1.82) is 0 Å². The highest BCUT2D eigenvalue weighted by Gasteiger charge is 2.29. The molecule has 1 aromatic carbocycles. The molecule has 132 valence electrons.